The summed E-state index contributed by atoms with van der Waals surface area (Å²) in [5.41, 5.74) is 5.46. The molecule has 1 heteroatoms. The van der Waals surface area contributed by atoms with Gasteiger partial charge in [0.1, 0.15) is 0 Å². The molecule has 2 rings (SSSR count). The van der Waals surface area contributed by atoms with Crippen LogP contribution in [0, 0.1) is 0 Å². The number of rotatable bonds is 2. The van der Waals surface area contributed by atoms with Gasteiger partial charge in [0.2, 0.25) is 6.29 Å². The monoisotopic (exact) mass is 255 g/mol. The van der Waals surface area contributed by atoms with Gasteiger partial charge in [-0.25, -0.2) is 0 Å². The summed E-state index contributed by atoms with van der Waals surface area (Å²) in [6, 6.07) is 6.64. The second-order valence-corrected chi connectivity index (χ2v) is 6.97. The lowest BCUT2D eigenvalue weighted by Crippen LogP contribution is -2.33. The number of allylic oxidation sites excluding steroid dienone is 2. The molecule has 0 aromatic heterocycles. The average molecular weight is 255 g/mol. The number of fused-ring (bicyclic) bond motifs is 1. The highest BCUT2D eigenvalue weighted by Crippen LogP contribution is 2.46. The minimum absolute atomic E-state index is 0.214. The van der Waals surface area contributed by atoms with Gasteiger partial charge in [0.25, 0.3) is 0 Å². The van der Waals surface area contributed by atoms with Crippen LogP contribution >= 0.6 is 0 Å². The van der Waals surface area contributed by atoms with Gasteiger partial charge in [-0.2, -0.15) is 0 Å². The first kappa shape index (κ1) is 14.0. The van der Waals surface area contributed by atoms with Crippen LogP contribution in [-0.4, -0.2) is 6.29 Å². The minimum atomic E-state index is 0.214. The topological polar surface area (TPSA) is 17.1 Å². The molecule has 0 saturated carbocycles. The zero-order valence-corrected chi connectivity index (χ0v) is 12.6. The maximum absolute atomic E-state index is 10.5. The van der Waals surface area contributed by atoms with Crippen LogP contribution in [0.25, 0.3) is 5.57 Å². The molecule has 19 heavy (non-hydrogen) atoms. The first-order valence-corrected chi connectivity index (χ1v) is 6.98. The summed E-state index contributed by atoms with van der Waals surface area (Å²) in [5, 5.41) is 0. The molecule has 1 nitrogen and oxygen atoms in total. The van der Waals surface area contributed by atoms with Crippen molar-refractivity contribution in [2.24, 2.45) is 0 Å². The molecule has 0 unspecified atom stereocenters. The molecule has 101 valence electrons. The molecule has 1 aliphatic rings. The lowest BCUT2D eigenvalue weighted by molar-refractivity contribution is 0.332. The van der Waals surface area contributed by atoms with Crippen LogP contribution in [0.4, 0.5) is 0 Å². The quantitative estimate of drug-likeness (QED) is 0.709. The summed E-state index contributed by atoms with van der Waals surface area (Å²) < 4.78 is 0. The van der Waals surface area contributed by atoms with Crippen LogP contribution in [0.15, 0.2) is 24.3 Å². The Balaban J connectivity index is 2.60. The SMILES string of the molecule is C/C(=C/[C]=O)c1ccc2c(c1)C(C)(C)CCC2(C)C. The zero-order valence-electron chi connectivity index (χ0n) is 12.6. The van der Waals surface area contributed by atoms with Crippen molar-refractivity contribution < 1.29 is 4.79 Å². The Morgan fingerprint density at radius 1 is 1.11 bits per heavy atom. The summed E-state index contributed by atoms with van der Waals surface area (Å²) in [6.07, 6.45) is 5.82. The van der Waals surface area contributed by atoms with E-state index in [1.54, 1.807) is 0 Å². The predicted molar refractivity (Wildman–Crippen MR) is 81.1 cm³/mol. The Hall–Kier alpha value is -1.37. The molecule has 0 saturated heterocycles. The van der Waals surface area contributed by atoms with E-state index in [0.717, 1.165) is 11.1 Å². The minimum Gasteiger partial charge on any atom is -0.286 e. The Morgan fingerprint density at radius 2 is 1.68 bits per heavy atom. The first-order chi connectivity index (χ1) is 8.78. The van der Waals surface area contributed by atoms with E-state index in [1.807, 2.05) is 13.2 Å². The van der Waals surface area contributed by atoms with Gasteiger partial charge >= 0.3 is 0 Å². The first-order valence-electron chi connectivity index (χ1n) is 6.98. The lowest BCUT2D eigenvalue weighted by Gasteiger charge is -2.42. The fraction of sp³-hybridized carbons (Fsp3) is 0.500. The highest BCUT2D eigenvalue weighted by molar-refractivity contribution is 5.81. The van der Waals surface area contributed by atoms with E-state index in [1.165, 1.54) is 30.0 Å². The summed E-state index contributed by atoms with van der Waals surface area (Å²) >= 11 is 0. The summed E-state index contributed by atoms with van der Waals surface area (Å²) in [5.74, 6) is 0. The van der Waals surface area contributed by atoms with Crippen molar-refractivity contribution in [1.82, 2.24) is 0 Å². The summed E-state index contributed by atoms with van der Waals surface area (Å²) in [6.45, 7) is 11.2. The van der Waals surface area contributed by atoms with E-state index in [4.69, 9.17) is 0 Å². The molecule has 0 N–H and O–H groups in total. The number of hydrogen-bond acceptors (Lipinski definition) is 1. The van der Waals surface area contributed by atoms with E-state index in [2.05, 4.69) is 45.9 Å². The Bertz CT molecular complexity index is 533. The van der Waals surface area contributed by atoms with Crippen molar-refractivity contribution in [3.05, 3.63) is 41.0 Å². The lowest BCUT2D eigenvalue weighted by atomic mass is 9.63. The molecule has 0 aliphatic heterocycles. The van der Waals surface area contributed by atoms with Crippen LogP contribution in [0.3, 0.4) is 0 Å². The normalized spacial score (nSPS) is 20.8. The second kappa shape index (κ2) is 4.63. The fourth-order valence-electron chi connectivity index (χ4n) is 3.01. The van der Waals surface area contributed by atoms with Gasteiger partial charge < -0.3 is 0 Å². The van der Waals surface area contributed by atoms with Gasteiger partial charge in [-0.3, -0.25) is 4.79 Å². The zero-order chi connectivity index (χ0) is 14.3. The second-order valence-electron chi connectivity index (χ2n) is 6.97. The molecule has 0 amide bonds. The van der Waals surface area contributed by atoms with Crippen LogP contribution in [0.2, 0.25) is 0 Å². The van der Waals surface area contributed by atoms with Gasteiger partial charge in [-0.1, -0.05) is 45.9 Å². The highest BCUT2D eigenvalue weighted by Gasteiger charge is 2.36. The Kier molecular flexibility index (Phi) is 3.42. The molecule has 0 spiro atoms. The Morgan fingerprint density at radius 3 is 2.26 bits per heavy atom. The smallest absolute Gasteiger partial charge is 0.225 e. The van der Waals surface area contributed by atoms with Crippen molar-refractivity contribution in [2.75, 3.05) is 0 Å². The third kappa shape index (κ3) is 2.51. The summed E-state index contributed by atoms with van der Waals surface area (Å²) in [7, 11) is 0. The molecule has 0 heterocycles. The van der Waals surface area contributed by atoms with Crippen LogP contribution in [0.5, 0.6) is 0 Å². The standard InChI is InChI=1S/C18H23O/c1-13(8-11-19)14-6-7-15-16(12-14)18(4,5)10-9-17(15,2)3/h6-8,12H,9-10H2,1-5H3/b13-8-. The molecular weight excluding hydrogens is 232 g/mol. The molecule has 1 aromatic carbocycles. The van der Waals surface area contributed by atoms with E-state index in [-0.39, 0.29) is 10.8 Å². The van der Waals surface area contributed by atoms with Crippen LogP contribution in [-0.2, 0) is 15.6 Å². The third-order valence-corrected chi connectivity index (χ3v) is 4.58. The van der Waals surface area contributed by atoms with Gasteiger partial charge in [0, 0.05) is 0 Å². The molecule has 1 aromatic rings. The van der Waals surface area contributed by atoms with Gasteiger partial charge in [-0.05, 0) is 58.9 Å². The molecule has 1 aliphatic carbocycles. The van der Waals surface area contributed by atoms with Crippen molar-refractivity contribution in [3.63, 3.8) is 0 Å². The number of benzene rings is 1. The molecule has 0 bridgehead atoms. The predicted octanol–water partition coefficient (Wildman–Crippen LogP) is 4.55. The largest absolute Gasteiger partial charge is 0.286 e. The van der Waals surface area contributed by atoms with Crippen LogP contribution in [0.1, 0.15) is 64.2 Å². The molecule has 0 fully saturated rings. The van der Waals surface area contributed by atoms with Crippen molar-refractivity contribution in [2.45, 2.75) is 58.3 Å². The van der Waals surface area contributed by atoms with E-state index < -0.39 is 0 Å². The van der Waals surface area contributed by atoms with Gasteiger partial charge in [-0.15, -0.1) is 0 Å². The summed E-state index contributed by atoms with van der Waals surface area (Å²) in [4.78, 5) is 10.5. The average Bonchev–Trinajstić information content (AvgIpc) is 2.35. The number of carbonyl (C=O) groups excluding carboxylic acids is 1. The number of hydrogen-bond donors (Lipinski definition) is 0. The van der Waals surface area contributed by atoms with E-state index >= 15 is 0 Å². The van der Waals surface area contributed by atoms with E-state index in [9.17, 15) is 4.79 Å². The van der Waals surface area contributed by atoms with Gasteiger partial charge in [0.05, 0.1) is 0 Å². The van der Waals surface area contributed by atoms with Gasteiger partial charge in [0.15, 0.2) is 0 Å². The van der Waals surface area contributed by atoms with Crippen molar-refractivity contribution in [1.29, 1.82) is 0 Å². The maximum atomic E-state index is 10.5. The molecule has 1 radical (unpaired) electrons. The Labute approximate surface area is 116 Å². The molecule has 0 atom stereocenters. The molecular formula is C18H23O. The fourth-order valence-corrected chi connectivity index (χ4v) is 3.01. The van der Waals surface area contributed by atoms with Crippen molar-refractivity contribution >= 4 is 11.9 Å². The van der Waals surface area contributed by atoms with Crippen LogP contribution < -0.4 is 0 Å². The maximum Gasteiger partial charge on any atom is 0.225 e. The highest BCUT2D eigenvalue weighted by atomic mass is 16.1. The van der Waals surface area contributed by atoms with Crippen molar-refractivity contribution in [3.8, 4) is 0 Å². The van der Waals surface area contributed by atoms with E-state index in [0.29, 0.717) is 0 Å². The third-order valence-electron chi connectivity index (χ3n) is 4.58.